The van der Waals surface area contributed by atoms with E-state index >= 15 is 0 Å². The van der Waals surface area contributed by atoms with Crippen LogP contribution in [0.3, 0.4) is 0 Å². The summed E-state index contributed by atoms with van der Waals surface area (Å²) in [4.78, 5) is 8.11. The summed E-state index contributed by atoms with van der Waals surface area (Å²) in [6.45, 7) is 10.7. The lowest BCUT2D eigenvalue weighted by Crippen LogP contribution is -2.51. The Labute approximate surface area is 159 Å². The van der Waals surface area contributed by atoms with Crippen molar-refractivity contribution in [2.24, 2.45) is 0 Å². The van der Waals surface area contributed by atoms with E-state index in [0.717, 1.165) is 42.8 Å². The molecule has 1 aromatic carbocycles. The second-order valence-corrected chi connectivity index (χ2v) is 8.88. The molecule has 0 spiro atoms. The molecule has 6 heteroatoms. The Hall–Kier alpha value is -0.980. The topological polar surface area (TPSA) is 37.4 Å². The van der Waals surface area contributed by atoms with Gasteiger partial charge in [0.05, 0.1) is 17.2 Å². The smallest absolute Gasteiger partial charge is 0.0897 e. The number of hydrogen-bond donors (Lipinski definition) is 1. The van der Waals surface area contributed by atoms with Gasteiger partial charge >= 0.3 is 0 Å². The van der Waals surface area contributed by atoms with Gasteiger partial charge in [0.1, 0.15) is 0 Å². The number of benzene rings is 1. The van der Waals surface area contributed by atoms with Crippen LogP contribution in [-0.4, -0.2) is 41.7 Å². The van der Waals surface area contributed by atoms with Crippen LogP contribution in [-0.2, 0) is 11.3 Å². The highest BCUT2D eigenvalue weighted by molar-refractivity contribution is 7.11. The highest BCUT2D eigenvalue weighted by Crippen LogP contribution is 2.27. The maximum Gasteiger partial charge on any atom is 0.0897 e. The number of halogens is 1. The van der Waals surface area contributed by atoms with Crippen molar-refractivity contribution in [3.05, 3.63) is 50.9 Å². The summed E-state index contributed by atoms with van der Waals surface area (Å²) in [7, 11) is 0. The zero-order valence-electron chi connectivity index (χ0n) is 15.1. The molecule has 1 unspecified atom stereocenters. The van der Waals surface area contributed by atoms with E-state index in [1.165, 1.54) is 10.4 Å². The average Bonchev–Trinajstić information content (AvgIpc) is 2.97. The molecular formula is C19H26ClN3OS. The van der Waals surface area contributed by atoms with Crippen molar-refractivity contribution in [1.82, 2.24) is 15.2 Å². The van der Waals surface area contributed by atoms with Gasteiger partial charge in [-0.05, 0) is 38.5 Å². The molecule has 4 nitrogen and oxygen atoms in total. The molecule has 0 aliphatic carbocycles. The van der Waals surface area contributed by atoms with Crippen LogP contribution in [0.15, 0.2) is 30.5 Å². The van der Waals surface area contributed by atoms with E-state index in [-0.39, 0.29) is 5.60 Å². The molecule has 3 rings (SSSR count). The van der Waals surface area contributed by atoms with Gasteiger partial charge in [-0.2, -0.15) is 0 Å². The maximum absolute atomic E-state index is 6.08. The standard InChI is InChI=1S/C19H26ClN3OS/c1-14-22-11-17(25-14)10-21-12-18(15-4-6-16(20)7-5-15)23-8-9-24-19(2,3)13-23/h4-7,11,18,21H,8-10,12-13H2,1-3H3. The van der Waals surface area contributed by atoms with Crippen molar-refractivity contribution in [3.63, 3.8) is 0 Å². The van der Waals surface area contributed by atoms with E-state index < -0.39 is 0 Å². The van der Waals surface area contributed by atoms with Crippen LogP contribution in [0.5, 0.6) is 0 Å². The lowest BCUT2D eigenvalue weighted by Gasteiger charge is -2.42. The lowest BCUT2D eigenvalue weighted by molar-refractivity contribution is -0.0974. The van der Waals surface area contributed by atoms with Gasteiger partial charge in [0.2, 0.25) is 0 Å². The van der Waals surface area contributed by atoms with Crippen LogP contribution in [0.4, 0.5) is 0 Å². The summed E-state index contributed by atoms with van der Waals surface area (Å²) >= 11 is 7.83. The van der Waals surface area contributed by atoms with Crippen molar-refractivity contribution >= 4 is 22.9 Å². The van der Waals surface area contributed by atoms with E-state index in [4.69, 9.17) is 16.3 Å². The molecule has 2 aromatic rings. The Balaban J connectivity index is 1.70. The summed E-state index contributed by atoms with van der Waals surface area (Å²) in [5, 5.41) is 5.50. The monoisotopic (exact) mass is 379 g/mol. The minimum absolute atomic E-state index is 0.113. The first kappa shape index (κ1) is 18.8. The zero-order chi connectivity index (χ0) is 17.9. The summed E-state index contributed by atoms with van der Waals surface area (Å²) in [5.41, 5.74) is 1.17. The summed E-state index contributed by atoms with van der Waals surface area (Å²) in [5.74, 6) is 0. The molecule has 1 atom stereocenters. The number of aromatic nitrogens is 1. The van der Waals surface area contributed by atoms with Crippen molar-refractivity contribution in [2.75, 3.05) is 26.2 Å². The fourth-order valence-electron chi connectivity index (χ4n) is 3.28. The van der Waals surface area contributed by atoms with Gasteiger partial charge in [0, 0.05) is 48.3 Å². The predicted octanol–water partition coefficient (Wildman–Crippen LogP) is 4.05. The maximum atomic E-state index is 6.08. The number of aryl methyl sites for hydroxylation is 1. The number of nitrogens with zero attached hydrogens (tertiary/aromatic N) is 2. The Kier molecular flexibility index (Phi) is 6.12. The van der Waals surface area contributed by atoms with Crippen LogP contribution < -0.4 is 5.32 Å². The van der Waals surface area contributed by atoms with Gasteiger partial charge in [0.25, 0.3) is 0 Å². The third kappa shape index (κ3) is 5.25. The molecule has 1 aliphatic rings. The molecule has 2 heterocycles. The summed E-state index contributed by atoms with van der Waals surface area (Å²) in [6.07, 6.45) is 1.96. The number of rotatable bonds is 6. The second-order valence-electron chi connectivity index (χ2n) is 7.12. The Morgan fingerprint density at radius 2 is 2.12 bits per heavy atom. The van der Waals surface area contributed by atoms with Gasteiger partial charge < -0.3 is 10.1 Å². The zero-order valence-corrected chi connectivity index (χ0v) is 16.7. The first-order chi connectivity index (χ1) is 11.9. The third-order valence-electron chi connectivity index (χ3n) is 4.46. The van der Waals surface area contributed by atoms with E-state index in [2.05, 4.69) is 41.2 Å². The lowest BCUT2D eigenvalue weighted by atomic mass is 10.0. The predicted molar refractivity (Wildman–Crippen MR) is 104 cm³/mol. The average molecular weight is 380 g/mol. The highest BCUT2D eigenvalue weighted by Gasteiger charge is 2.31. The van der Waals surface area contributed by atoms with Crippen molar-refractivity contribution in [1.29, 1.82) is 0 Å². The number of ether oxygens (including phenoxy) is 1. The SMILES string of the molecule is Cc1ncc(CNCC(c2ccc(Cl)cc2)N2CCOC(C)(C)C2)s1. The van der Waals surface area contributed by atoms with Crippen LogP contribution >= 0.6 is 22.9 Å². The molecule has 1 N–H and O–H groups in total. The first-order valence-electron chi connectivity index (χ1n) is 8.68. The minimum Gasteiger partial charge on any atom is -0.373 e. The van der Waals surface area contributed by atoms with Gasteiger partial charge in [-0.1, -0.05) is 23.7 Å². The summed E-state index contributed by atoms with van der Waals surface area (Å²) in [6, 6.07) is 8.51. The van der Waals surface area contributed by atoms with Crippen LogP contribution in [0, 0.1) is 6.92 Å². The molecule has 0 bridgehead atoms. The van der Waals surface area contributed by atoms with Crippen molar-refractivity contribution in [3.8, 4) is 0 Å². The normalized spacial score (nSPS) is 19.0. The highest BCUT2D eigenvalue weighted by atomic mass is 35.5. The number of morpholine rings is 1. The van der Waals surface area contributed by atoms with E-state index in [0.29, 0.717) is 6.04 Å². The molecule has 0 saturated carbocycles. The van der Waals surface area contributed by atoms with E-state index in [1.54, 1.807) is 11.3 Å². The molecule has 25 heavy (non-hydrogen) atoms. The Morgan fingerprint density at radius 3 is 2.76 bits per heavy atom. The minimum atomic E-state index is -0.113. The molecule has 1 saturated heterocycles. The molecular weight excluding hydrogens is 354 g/mol. The molecule has 1 aliphatic heterocycles. The van der Waals surface area contributed by atoms with Gasteiger partial charge in [-0.3, -0.25) is 4.90 Å². The third-order valence-corrected chi connectivity index (χ3v) is 5.62. The van der Waals surface area contributed by atoms with E-state index in [9.17, 15) is 0 Å². The van der Waals surface area contributed by atoms with Crippen molar-refractivity contribution < 1.29 is 4.74 Å². The Bertz CT molecular complexity index is 686. The molecule has 136 valence electrons. The fraction of sp³-hybridized carbons (Fsp3) is 0.526. The first-order valence-corrected chi connectivity index (χ1v) is 9.88. The van der Waals surface area contributed by atoms with Crippen molar-refractivity contribution in [2.45, 2.75) is 39.0 Å². The fourth-order valence-corrected chi connectivity index (χ4v) is 4.17. The molecule has 0 amide bonds. The number of nitrogens with one attached hydrogen (secondary N) is 1. The van der Waals surface area contributed by atoms with Crippen LogP contribution in [0.2, 0.25) is 5.02 Å². The molecule has 0 radical (unpaired) electrons. The number of hydrogen-bond acceptors (Lipinski definition) is 5. The van der Waals surface area contributed by atoms with Gasteiger partial charge in [0.15, 0.2) is 0 Å². The quantitative estimate of drug-likeness (QED) is 0.821. The van der Waals surface area contributed by atoms with Crippen LogP contribution in [0.25, 0.3) is 0 Å². The summed E-state index contributed by atoms with van der Waals surface area (Å²) < 4.78 is 5.89. The Morgan fingerprint density at radius 1 is 1.36 bits per heavy atom. The number of thiazole rings is 1. The second kappa shape index (κ2) is 8.14. The van der Waals surface area contributed by atoms with Gasteiger partial charge in [-0.25, -0.2) is 4.98 Å². The van der Waals surface area contributed by atoms with Gasteiger partial charge in [-0.15, -0.1) is 11.3 Å². The van der Waals surface area contributed by atoms with Crippen LogP contribution in [0.1, 0.15) is 35.3 Å². The largest absolute Gasteiger partial charge is 0.373 e. The molecule has 1 aromatic heterocycles. The van der Waals surface area contributed by atoms with E-state index in [1.807, 2.05) is 25.3 Å². The molecule has 1 fully saturated rings.